The second-order valence-corrected chi connectivity index (χ2v) is 3.70. The summed E-state index contributed by atoms with van der Waals surface area (Å²) < 4.78 is 0. The van der Waals surface area contributed by atoms with E-state index in [9.17, 15) is 0 Å². The molecule has 0 radical (unpaired) electrons. The molecule has 68 valence electrons. The maximum atomic E-state index is 5.88. The van der Waals surface area contributed by atoms with E-state index in [0.29, 0.717) is 6.04 Å². The molecule has 0 heterocycles. The Hall–Kier alpha value is -0.0400. The third-order valence-electron chi connectivity index (χ3n) is 2.62. The van der Waals surface area contributed by atoms with Crippen LogP contribution in [-0.4, -0.2) is 6.04 Å². The van der Waals surface area contributed by atoms with E-state index in [2.05, 4.69) is 27.7 Å². The molecule has 0 fully saturated rings. The van der Waals surface area contributed by atoms with Gasteiger partial charge in [0.1, 0.15) is 0 Å². The van der Waals surface area contributed by atoms with E-state index in [4.69, 9.17) is 5.73 Å². The minimum atomic E-state index is 0.363. The van der Waals surface area contributed by atoms with Crippen LogP contribution in [0.3, 0.4) is 0 Å². The highest BCUT2D eigenvalue weighted by atomic mass is 14.6. The van der Waals surface area contributed by atoms with Crippen LogP contribution < -0.4 is 5.73 Å². The van der Waals surface area contributed by atoms with Crippen LogP contribution in [-0.2, 0) is 0 Å². The number of rotatable bonds is 5. The molecule has 0 aliphatic heterocycles. The second-order valence-electron chi connectivity index (χ2n) is 3.70. The van der Waals surface area contributed by atoms with Crippen molar-refractivity contribution in [2.45, 2.75) is 53.0 Å². The molecular weight excluding hydrogens is 134 g/mol. The van der Waals surface area contributed by atoms with Gasteiger partial charge in [0.15, 0.2) is 0 Å². The zero-order valence-corrected chi connectivity index (χ0v) is 8.43. The lowest BCUT2D eigenvalue weighted by molar-refractivity contribution is 0.285. The molecule has 0 aromatic rings. The highest BCUT2D eigenvalue weighted by Crippen LogP contribution is 2.22. The van der Waals surface area contributed by atoms with Crippen molar-refractivity contribution in [1.82, 2.24) is 0 Å². The Morgan fingerprint density at radius 1 is 1.18 bits per heavy atom. The number of nitrogens with two attached hydrogens (primary N) is 1. The lowest BCUT2D eigenvalue weighted by Crippen LogP contribution is -2.30. The Kier molecular flexibility index (Phi) is 5.57. The second kappa shape index (κ2) is 5.59. The Morgan fingerprint density at radius 3 is 2.00 bits per heavy atom. The third kappa shape index (κ3) is 3.76. The molecule has 0 saturated heterocycles. The normalized spacial score (nSPS) is 19.4. The molecule has 11 heavy (non-hydrogen) atoms. The van der Waals surface area contributed by atoms with Crippen molar-refractivity contribution in [2.24, 2.45) is 17.6 Å². The first-order valence-electron chi connectivity index (χ1n) is 4.89. The number of hydrogen-bond acceptors (Lipinski definition) is 1. The van der Waals surface area contributed by atoms with Crippen molar-refractivity contribution in [2.75, 3.05) is 0 Å². The summed E-state index contributed by atoms with van der Waals surface area (Å²) in [6, 6.07) is 0.363. The largest absolute Gasteiger partial charge is 0.328 e. The monoisotopic (exact) mass is 157 g/mol. The van der Waals surface area contributed by atoms with Gasteiger partial charge in [-0.25, -0.2) is 0 Å². The van der Waals surface area contributed by atoms with Gasteiger partial charge in [-0.1, -0.05) is 40.0 Å². The van der Waals surface area contributed by atoms with Crippen molar-refractivity contribution in [3.63, 3.8) is 0 Å². The van der Waals surface area contributed by atoms with Gasteiger partial charge in [0.25, 0.3) is 0 Å². The fourth-order valence-corrected chi connectivity index (χ4v) is 1.96. The first-order valence-corrected chi connectivity index (χ1v) is 4.89. The predicted molar refractivity (Wildman–Crippen MR) is 51.5 cm³/mol. The highest BCUT2D eigenvalue weighted by molar-refractivity contribution is 4.72. The van der Waals surface area contributed by atoms with E-state index < -0.39 is 0 Å². The lowest BCUT2D eigenvalue weighted by Gasteiger charge is -2.25. The molecule has 0 aliphatic carbocycles. The van der Waals surface area contributed by atoms with E-state index in [1.807, 2.05) is 0 Å². The van der Waals surface area contributed by atoms with Crippen molar-refractivity contribution in [3.05, 3.63) is 0 Å². The highest BCUT2D eigenvalue weighted by Gasteiger charge is 2.17. The van der Waals surface area contributed by atoms with Crippen molar-refractivity contribution in [1.29, 1.82) is 0 Å². The molecule has 1 heteroatoms. The molecule has 0 saturated carbocycles. The summed E-state index contributed by atoms with van der Waals surface area (Å²) in [6.07, 6.45) is 3.82. The maximum Gasteiger partial charge on any atom is 0.00412 e. The molecule has 0 amide bonds. The van der Waals surface area contributed by atoms with Gasteiger partial charge in [0.2, 0.25) is 0 Å². The van der Waals surface area contributed by atoms with Crippen LogP contribution in [0.4, 0.5) is 0 Å². The van der Waals surface area contributed by atoms with Crippen LogP contribution in [0.15, 0.2) is 0 Å². The van der Waals surface area contributed by atoms with Crippen LogP contribution in [0.5, 0.6) is 0 Å². The van der Waals surface area contributed by atoms with Gasteiger partial charge in [-0.2, -0.15) is 0 Å². The average Bonchev–Trinajstić information content (AvgIpc) is 1.88. The quantitative estimate of drug-likeness (QED) is 0.652. The molecule has 0 aromatic heterocycles. The smallest absolute Gasteiger partial charge is 0.00412 e. The standard InChI is InChI=1S/C10H23N/c1-5-7-8(3)10(6-2)9(4)11/h8-10H,5-7,11H2,1-4H3. The maximum absolute atomic E-state index is 5.88. The summed E-state index contributed by atoms with van der Waals surface area (Å²) in [7, 11) is 0. The predicted octanol–water partition coefficient (Wildman–Crippen LogP) is 2.80. The van der Waals surface area contributed by atoms with Gasteiger partial charge in [-0.3, -0.25) is 0 Å². The number of hydrogen-bond donors (Lipinski definition) is 1. The first kappa shape index (κ1) is 11.0. The van der Waals surface area contributed by atoms with Crippen LogP contribution in [0, 0.1) is 11.8 Å². The molecule has 0 aliphatic rings. The minimum absolute atomic E-state index is 0.363. The van der Waals surface area contributed by atoms with Gasteiger partial charge >= 0.3 is 0 Å². The fraction of sp³-hybridized carbons (Fsp3) is 1.00. The molecular formula is C10H23N. The van der Waals surface area contributed by atoms with E-state index in [1.165, 1.54) is 19.3 Å². The van der Waals surface area contributed by atoms with Gasteiger partial charge in [0.05, 0.1) is 0 Å². The van der Waals surface area contributed by atoms with Crippen molar-refractivity contribution >= 4 is 0 Å². The fourth-order valence-electron chi connectivity index (χ4n) is 1.96. The summed E-state index contributed by atoms with van der Waals surface area (Å²) in [4.78, 5) is 0. The zero-order valence-electron chi connectivity index (χ0n) is 8.43. The summed E-state index contributed by atoms with van der Waals surface area (Å²) in [5.41, 5.74) is 5.88. The molecule has 0 spiro atoms. The topological polar surface area (TPSA) is 26.0 Å². The van der Waals surface area contributed by atoms with Crippen molar-refractivity contribution < 1.29 is 0 Å². The SMILES string of the molecule is CCCC(C)C(CC)C(C)N. The molecule has 0 rings (SSSR count). The molecule has 0 bridgehead atoms. The van der Waals surface area contributed by atoms with Gasteiger partial charge in [-0.15, -0.1) is 0 Å². The summed E-state index contributed by atoms with van der Waals surface area (Å²) >= 11 is 0. The third-order valence-corrected chi connectivity index (χ3v) is 2.62. The Morgan fingerprint density at radius 2 is 1.73 bits per heavy atom. The molecule has 1 nitrogen and oxygen atoms in total. The summed E-state index contributed by atoms with van der Waals surface area (Å²) in [5, 5.41) is 0. The molecule has 2 N–H and O–H groups in total. The van der Waals surface area contributed by atoms with Crippen LogP contribution >= 0.6 is 0 Å². The van der Waals surface area contributed by atoms with Gasteiger partial charge in [-0.05, 0) is 18.8 Å². The Balaban J connectivity index is 3.81. The lowest BCUT2D eigenvalue weighted by atomic mass is 9.84. The molecule has 3 atom stereocenters. The van der Waals surface area contributed by atoms with E-state index in [0.717, 1.165) is 11.8 Å². The van der Waals surface area contributed by atoms with Crippen LogP contribution in [0.1, 0.15) is 47.0 Å². The van der Waals surface area contributed by atoms with E-state index >= 15 is 0 Å². The Bertz CT molecular complexity index is 88.9. The van der Waals surface area contributed by atoms with Crippen molar-refractivity contribution in [3.8, 4) is 0 Å². The molecule has 3 unspecified atom stereocenters. The molecule has 0 aromatic carbocycles. The zero-order chi connectivity index (χ0) is 8.85. The van der Waals surface area contributed by atoms with Crippen LogP contribution in [0.2, 0.25) is 0 Å². The summed E-state index contributed by atoms with van der Waals surface area (Å²) in [5.74, 6) is 1.51. The first-order chi connectivity index (χ1) is 5.13. The summed E-state index contributed by atoms with van der Waals surface area (Å²) in [6.45, 7) is 8.92. The van der Waals surface area contributed by atoms with Gasteiger partial charge in [0, 0.05) is 6.04 Å². The Labute approximate surface area is 71.4 Å². The average molecular weight is 157 g/mol. The minimum Gasteiger partial charge on any atom is -0.328 e. The van der Waals surface area contributed by atoms with Crippen LogP contribution in [0.25, 0.3) is 0 Å². The van der Waals surface area contributed by atoms with E-state index in [1.54, 1.807) is 0 Å². The van der Waals surface area contributed by atoms with Gasteiger partial charge < -0.3 is 5.73 Å². The van der Waals surface area contributed by atoms with E-state index in [-0.39, 0.29) is 0 Å².